The zero-order chi connectivity index (χ0) is 15.9. The summed E-state index contributed by atoms with van der Waals surface area (Å²) >= 11 is 0. The average Bonchev–Trinajstić information content (AvgIpc) is 2.43. The lowest BCUT2D eigenvalue weighted by molar-refractivity contribution is -0.282. The molecule has 7 atom stereocenters. The summed E-state index contributed by atoms with van der Waals surface area (Å²) < 4.78 is 16.9. The highest BCUT2D eigenvalue weighted by Gasteiger charge is 2.41. The Hall–Kier alpha value is -0.950. The number of aliphatic hydroxyl groups is 2. The smallest absolute Gasteiger partial charge is 0.330 e. The number of carbonyl (C=O) groups is 1. The van der Waals surface area contributed by atoms with Crippen molar-refractivity contribution < 1.29 is 29.2 Å². The van der Waals surface area contributed by atoms with E-state index in [4.69, 9.17) is 14.2 Å². The fourth-order valence-corrected chi connectivity index (χ4v) is 3.67. The maximum Gasteiger partial charge on any atom is 0.330 e. The molecule has 3 aliphatic rings. The minimum absolute atomic E-state index is 0.142. The summed E-state index contributed by atoms with van der Waals surface area (Å²) in [6.07, 6.45) is 1.11. The van der Waals surface area contributed by atoms with Gasteiger partial charge in [0.05, 0.1) is 18.3 Å². The number of fused-ring (bicyclic) bond motifs is 1. The SMILES string of the molecule is CC1=CC(=O)OC2CC(O[C@@H]3O[C@@H](C)C[C@@H](O)[C@@H]3O)CCC12. The Labute approximate surface area is 130 Å². The molecule has 0 bridgehead atoms. The molecule has 3 unspecified atom stereocenters. The second kappa shape index (κ2) is 6.28. The maximum atomic E-state index is 11.5. The van der Waals surface area contributed by atoms with Crippen molar-refractivity contribution in [3.8, 4) is 0 Å². The Kier molecular flexibility index (Phi) is 4.54. The minimum Gasteiger partial charge on any atom is -0.458 e. The number of rotatable bonds is 2. The van der Waals surface area contributed by atoms with Crippen molar-refractivity contribution in [2.24, 2.45) is 5.92 Å². The first-order valence-electron chi connectivity index (χ1n) is 8.00. The van der Waals surface area contributed by atoms with Crippen LogP contribution in [0.2, 0.25) is 0 Å². The maximum absolute atomic E-state index is 11.5. The van der Waals surface area contributed by atoms with E-state index in [0.717, 1.165) is 18.4 Å². The fourth-order valence-electron chi connectivity index (χ4n) is 3.67. The van der Waals surface area contributed by atoms with E-state index < -0.39 is 18.5 Å². The molecule has 1 saturated heterocycles. The molecule has 6 nitrogen and oxygen atoms in total. The third-order valence-corrected chi connectivity index (χ3v) is 4.88. The molecule has 0 spiro atoms. The van der Waals surface area contributed by atoms with Crippen molar-refractivity contribution in [3.05, 3.63) is 11.6 Å². The molecule has 0 aromatic carbocycles. The topological polar surface area (TPSA) is 85.2 Å². The van der Waals surface area contributed by atoms with Gasteiger partial charge in [-0.3, -0.25) is 0 Å². The molecular weight excluding hydrogens is 288 g/mol. The standard InChI is InChI=1S/C16H24O6/c1-8-5-14(18)22-13-7-10(3-4-11(8)13)21-16-15(19)12(17)6-9(2)20-16/h5,9-13,15-17,19H,3-4,6-7H2,1-2H3/t9-,10?,11?,12+,13?,15-,16-/m0/s1. The van der Waals surface area contributed by atoms with Gasteiger partial charge in [0.2, 0.25) is 0 Å². The summed E-state index contributed by atoms with van der Waals surface area (Å²) in [4.78, 5) is 11.5. The lowest BCUT2D eigenvalue weighted by Gasteiger charge is -2.41. The minimum atomic E-state index is -1.04. The Balaban J connectivity index is 1.61. The van der Waals surface area contributed by atoms with E-state index in [0.29, 0.717) is 12.8 Å². The van der Waals surface area contributed by atoms with Crippen LogP contribution in [0.1, 0.15) is 39.5 Å². The van der Waals surface area contributed by atoms with Crippen molar-refractivity contribution in [2.45, 2.75) is 76.3 Å². The summed E-state index contributed by atoms with van der Waals surface area (Å²) in [5.74, 6) is -0.0309. The molecular formula is C16H24O6. The van der Waals surface area contributed by atoms with E-state index in [1.807, 2.05) is 13.8 Å². The number of hydrogen-bond donors (Lipinski definition) is 2. The Bertz CT molecular complexity index is 462. The number of carbonyl (C=O) groups excluding carboxylic acids is 1. The average molecular weight is 312 g/mol. The highest BCUT2D eigenvalue weighted by molar-refractivity contribution is 5.84. The van der Waals surface area contributed by atoms with Crippen LogP contribution in [0.5, 0.6) is 0 Å². The van der Waals surface area contributed by atoms with Crippen LogP contribution < -0.4 is 0 Å². The molecule has 0 amide bonds. The van der Waals surface area contributed by atoms with E-state index in [1.165, 1.54) is 0 Å². The van der Waals surface area contributed by atoms with Crippen LogP contribution in [-0.2, 0) is 19.0 Å². The van der Waals surface area contributed by atoms with Gasteiger partial charge in [-0.15, -0.1) is 0 Å². The molecule has 0 aromatic rings. The van der Waals surface area contributed by atoms with E-state index in [9.17, 15) is 15.0 Å². The lowest BCUT2D eigenvalue weighted by Crippen LogP contribution is -2.51. The highest BCUT2D eigenvalue weighted by atomic mass is 16.7. The normalized spacial score (nSPS) is 45.7. The quantitative estimate of drug-likeness (QED) is 0.737. The number of ether oxygens (including phenoxy) is 3. The van der Waals surface area contributed by atoms with Crippen molar-refractivity contribution in [1.29, 1.82) is 0 Å². The number of esters is 1. The van der Waals surface area contributed by atoms with Gasteiger partial charge in [-0.2, -0.15) is 0 Å². The summed E-state index contributed by atoms with van der Waals surface area (Å²) in [6, 6.07) is 0. The van der Waals surface area contributed by atoms with Gasteiger partial charge in [-0.05, 0) is 26.7 Å². The van der Waals surface area contributed by atoms with Gasteiger partial charge in [-0.25, -0.2) is 4.79 Å². The molecule has 6 heteroatoms. The van der Waals surface area contributed by atoms with Crippen LogP contribution in [0.3, 0.4) is 0 Å². The largest absolute Gasteiger partial charge is 0.458 e. The predicted octanol–water partition coefficient (Wildman–Crippen LogP) is 0.900. The molecule has 124 valence electrons. The third-order valence-electron chi connectivity index (χ3n) is 4.88. The first-order valence-corrected chi connectivity index (χ1v) is 8.00. The zero-order valence-electron chi connectivity index (χ0n) is 13.0. The van der Waals surface area contributed by atoms with Crippen LogP contribution in [0, 0.1) is 5.92 Å². The van der Waals surface area contributed by atoms with Crippen LogP contribution >= 0.6 is 0 Å². The summed E-state index contributed by atoms with van der Waals surface area (Å²) in [5.41, 5.74) is 1.07. The number of aliphatic hydroxyl groups excluding tert-OH is 2. The first-order chi connectivity index (χ1) is 10.4. The van der Waals surface area contributed by atoms with E-state index in [1.54, 1.807) is 6.08 Å². The Morgan fingerprint density at radius 1 is 1.27 bits per heavy atom. The first kappa shape index (κ1) is 15.9. The summed E-state index contributed by atoms with van der Waals surface area (Å²) in [7, 11) is 0. The lowest BCUT2D eigenvalue weighted by atomic mass is 9.79. The van der Waals surface area contributed by atoms with Crippen molar-refractivity contribution in [2.75, 3.05) is 0 Å². The Morgan fingerprint density at radius 2 is 2.05 bits per heavy atom. The van der Waals surface area contributed by atoms with Gasteiger partial charge in [0, 0.05) is 24.8 Å². The third kappa shape index (κ3) is 3.20. The molecule has 2 N–H and O–H groups in total. The van der Waals surface area contributed by atoms with Crippen LogP contribution in [-0.4, -0.2) is 53.0 Å². The van der Waals surface area contributed by atoms with E-state index in [2.05, 4.69) is 0 Å². The van der Waals surface area contributed by atoms with Crippen LogP contribution in [0.4, 0.5) is 0 Å². The van der Waals surface area contributed by atoms with Gasteiger partial charge in [0.15, 0.2) is 6.29 Å². The van der Waals surface area contributed by atoms with Gasteiger partial charge in [0.25, 0.3) is 0 Å². The molecule has 0 aromatic heterocycles. The molecule has 2 aliphatic heterocycles. The van der Waals surface area contributed by atoms with Gasteiger partial charge >= 0.3 is 5.97 Å². The second-order valence-electron chi connectivity index (χ2n) is 6.65. The molecule has 0 radical (unpaired) electrons. The van der Waals surface area contributed by atoms with Gasteiger partial charge in [-0.1, -0.05) is 5.57 Å². The molecule has 1 saturated carbocycles. The molecule has 1 aliphatic carbocycles. The molecule has 2 heterocycles. The van der Waals surface area contributed by atoms with E-state index >= 15 is 0 Å². The van der Waals surface area contributed by atoms with Crippen molar-refractivity contribution in [1.82, 2.24) is 0 Å². The number of hydrogen-bond acceptors (Lipinski definition) is 6. The second-order valence-corrected chi connectivity index (χ2v) is 6.65. The monoisotopic (exact) mass is 312 g/mol. The predicted molar refractivity (Wildman–Crippen MR) is 76.8 cm³/mol. The van der Waals surface area contributed by atoms with E-state index in [-0.39, 0.29) is 30.2 Å². The molecule has 2 fully saturated rings. The summed E-state index contributed by atoms with van der Waals surface area (Å²) in [5, 5.41) is 19.8. The van der Waals surface area contributed by atoms with Gasteiger partial charge in [0.1, 0.15) is 12.2 Å². The van der Waals surface area contributed by atoms with Crippen LogP contribution in [0.25, 0.3) is 0 Å². The summed E-state index contributed by atoms with van der Waals surface area (Å²) in [6.45, 7) is 3.81. The molecule has 3 rings (SSSR count). The fraction of sp³-hybridized carbons (Fsp3) is 0.812. The molecule has 22 heavy (non-hydrogen) atoms. The highest BCUT2D eigenvalue weighted by Crippen LogP contribution is 2.37. The van der Waals surface area contributed by atoms with Gasteiger partial charge < -0.3 is 24.4 Å². The Morgan fingerprint density at radius 3 is 2.82 bits per heavy atom. The zero-order valence-corrected chi connectivity index (χ0v) is 13.0. The van der Waals surface area contributed by atoms with Crippen molar-refractivity contribution in [3.63, 3.8) is 0 Å². The van der Waals surface area contributed by atoms with Crippen molar-refractivity contribution >= 4 is 5.97 Å². The van der Waals surface area contributed by atoms with Crippen LogP contribution in [0.15, 0.2) is 11.6 Å².